The molecule has 0 aliphatic carbocycles. The van der Waals surface area contributed by atoms with E-state index in [9.17, 15) is 9.59 Å². The van der Waals surface area contributed by atoms with Crippen LogP contribution in [0.25, 0.3) is 0 Å². The first kappa shape index (κ1) is 21.9. The molecule has 0 heterocycles. The van der Waals surface area contributed by atoms with Crippen molar-refractivity contribution >= 4 is 46.6 Å². The number of carbonyl (C=O) groups is 2. The van der Waals surface area contributed by atoms with Gasteiger partial charge in [-0.25, -0.2) is 0 Å². The molecule has 0 unspecified atom stereocenters. The van der Waals surface area contributed by atoms with Crippen LogP contribution in [-0.2, 0) is 10.5 Å². The summed E-state index contributed by atoms with van der Waals surface area (Å²) in [6.45, 7) is 3.71. The molecular weight excluding hydrogens is 416 g/mol. The van der Waals surface area contributed by atoms with Gasteiger partial charge in [0.15, 0.2) is 0 Å². The molecule has 4 nitrogen and oxygen atoms in total. The number of aryl methyl sites for hydroxylation is 1. The van der Waals surface area contributed by atoms with Crippen molar-refractivity contribution in [1.29, 1.82) is 0 Å². The molecule has 0 aromatic heterocycles. The Labute approximate surface area is 186 Å². The Kier molecular flexibility index (Phi) is 7.55. The maximum absolute atomic E-state index is 12.7. The van der Waals surface area contributed by atoms with Crippen molar-refractivity contribution in [2.75, 3.05) is 10.6 Å². The molecule has 154 valence electrons. The van der Waals surface area contributed by atoms with E-state index in [0.717, 1.165) is 26.8 Å². The highest BCUT2D eigenvalue weighted by Gasteiger charge is 2.10. The van der Waals surface area contributed by atoms with Gasteiger partial charge in [0.05, 0.1) is 0 Å². The second-order valence-electron chi connectivity index (χ2n) is 6.83. The van der Waals surface area contributed by atoms with Gasteiger partial charge in [0.1, 0.15) is 0 Å². The van der Waals surface area contributed by atoms with Crippen LogP contribution in [0.15, 0.2) is 71.6 Å². The normalized spacial score (nSPS) is 10.5. The Morgan fingerprint density at radius 2 is 1.63 bits per heavy atom. The summed E-state index contributed by atoms with van der Waals surface area (Å²) in [4.78, 5) is 25.4. The number of nitrogens with one attached hydrogen (secondary N) is 2. The van der Waals surface area contributed by atoms with Crippen molar-refractivity contribution in [3.63, 3.8) is 0 Å². The van der Waals surface area contributed by atoms with E-state index in [1.54, 1.807) is 24.8 Å². The number of hydrogen-bond acceptors (Lipinski definition) is 3. The van der Waals surface area contributed by atoms with E-state index >= 15 is 0 Å². The summed E-state index contributed by atoms with van der Waals surface area (Å²) < 4.78 is 0. The van der Waals surface area contributed by atoms with Crippen LogP contribution in [-0.4, -0.2) is 11.8 Å². The largest absolute Gasteiger partial charge is 0.326 e. The topological polar surface area (TPSA) is 58.2 Å². The second-order valence-corrected chi connectivity index (χ2v) is 8.31. The number of hydrogen-bond donors (Lipinski definition) is 2. The Morgan fingerprint density at radius 3 is 2.30 bits per heavy atom. The van der Waals surface area contributed by atoms with E-state index < -0.39 is 0 Å². The van der Waals surface area contributed by atoms with E-state index in [1.807, 2.05) is 67.6 Å². The third-order valence-corrected chi connectivity index (χ3v) is 5.86. The molecule has 3 aromatic rings. The molecule has 2 N–H and O–H groups in total. The monoisotopic (exact) mass is 438 g/mol. The predicted molar refractivity (Wildman–Crippen MR) is 126 cm³/mol. The lowest BCUT2D eigenvalue weighted by molar-refractivity contribution is -0.115. The molecule has 0 atom stereocenters. The van der Waals surface area contributed by atoms with Crippen molar-refractivity contribution in [3.8, 4) is 0 Å². The first-order chi connectivity index (χ1) is 14.4. The molecule has 0 bridgehead atoms. The van der Waals surface area contributed by atoms with Gasteiger partial charge in [-0.2, -0.15) is 0 Å². The van der Waals surface area contributed by atoms with Crippen molar-refractivity contribution < 1.29 is 9.59 Å². The lowest BCUT2D eigenvalue weighted by Crippen LogP contribution is -2.14. The van der Waals surface area contributed by atoms with Gasteiger partial charge in [-0.05, 0) is 66.6 Å². The molecule has 30 heavy (non-hydrogen) atoms. The zero-order valence-corrected chi connectivity index (χ0v) is 18.4. The van der Waals surface area contributed by atoms with E-state index in [4.69, 9.17) is 11.6 Å². The quantitative estimate of drug-likeness (QED) is 0.411. The fourth-order valence-electron chi connectivity index (χ4n) is 2.73. The third-order valence-electron chi connectivity index (χ3n) is 4.53. The van der Waals surface area contributed by atoms with E-state index in [0.29, 0.717) is 23.4 Å². The molecule has 3 rings (SSSR count). The SMILES string of the molecule is CCC(=O)Nc1ccc(C)c(NC(=O)c2ccc(CSc3ccc(Cl)cc3)cc2)c1. The summed E-state index contributed by atoms with van der Waals surface area (Å²) in [6, 6.07) is 20.8. The van der Waals surface area contributed by atoms with Gasteiger partial charge in [-0.1, -0.05) is 36.7 Å². The maximum Gasteiger partial charge on any atom is 0.255 e. The fourth-order valence-corrected chi connectivity index (χ4v) is 3.71. The number of rotatable bonds is 7. The Hall–Kier alpha value is -2.76. The summed E-state index contributed by atoms with van der Waals surface area (Å²) in [6.07, 6.45) is 0.401. The van der Waals surface area contributed by atoms with E-state index in [-0.39, 0.29) is 11.8 Å². The minimum Gasteiger partial charge on any atom is -0.326 e. The number of amides is 2. The third kappa shape index (κ3) is 6.12. The first-order valence-electron chi connectivity index (χ1n) is 9.64. The average molecular weight is 439 g/mol. The standard InChI is InChI=1S/C24H23ClN2O2S/c1-3-23(28)26-20-11-4-16(2)22(14-20)27-24(29)18-7-5-17(6-8-18)15-30-21-12-9-19(25)10-13-21/h4-14H,3,15H2,1-2H3,(H,26,28)(H,27,29). The molecule has 0 fully saturated rings. The summed E-state index contributed by atoms with van der Waals surface area (Å²) in [5.74, 6) is 0.555. The minimum atomic E-state index is -0.186. The predicted octanol–water partition coefficient (Wildman–Crippen LogP) is 6.54. The van der Waals surface area contributed by atoms with Crippen molar-refractivity contribution in [1.82, 2.24) is 0 Å². The highest BCUT2D eigenvalue weighted by molar-refractivity contribution is 7.98. The van der Waals surface area contributed by atoms with Crippen LogP contribution in [0.1, 0.15) is 34.8 Å². The molecule has 0 aliphatic rings. The Morgan fingerprint density at radius 1 is 0.933 bits per heavy atom. The first-order valence-corrected chi connectivity index (χ1v) is 11.0. The van der Waals surface area contributed by atoms with Crippen molar-refractivity contribution in [3.05, 3.63) is 88.4 Å². The second kappa shape index (κ2) is 10.3. The molecular formula is C24H23ClN2O2S. The summed E-state index contributed by atoms with van der Waals surface area (Å²) in [5, 5.41) is 6.47. The van der Waals surface area contributed by atoms with Gasteiger partial charge < -0.3 is 10.6 Å². The lowest BCUT2D eigenvalue weighted by Gasteiger charge is -2.12. The van der Waals surface area contributed by atoms with Crippen LogP contribution in [0.2, 0.25) is 5.02 Å². The number of thioether (sulfide) groups is 1. The Bertz CT molecular complexity index is 1030. The van der Waals surface area contributed by atoms with Gasteiger partial charge >= 0.3 is 0 Å². The molecule has 6 heteroatoms. The van der Waals surface area contributed by atoms with Gasteiger partial charge in [-0.3, -0.25) is 9.59 Å². The number of carbonyl (C=O) groups excluding carboxylic acids is 2. The van der Waals surface area contributed by atoms with Crippen molar-refractivity contribution in [2.24, 2.45) is 0 Å². The summed E-state index contributed by atoms with van der Waals surface area (Å²) in [7, 11) is 0. The van der Waals surface area contributed by atoms with Crippen LogP contribution < -0.4 is 10.6 Å². The molecule has 0 radical (unpaired) electrons. The van der Waals surface area contributed by atoms with Crippen molar-refractivity contribution in [2.45, 2.75) is 30.9 Å². The molecule has 0 aliphatic heterocycles. The number of anilines is 2. The fraction of sp³-hybridized carbons (Fsp3) is 0.167. The molecule has 0 saturated heterocycles. The van der Waals surface area contributed by atoms with Crippen LogP contribution in [0.4, 0.5) is 11.4 Å². The van der Waals surface area contributed by atoms with Gasteiger partial charge in [0.25, 0.3) is 5.91 Å². The van der Waals surface area contributed by atoms with Crippen LogP contribution in [0.3, 0.4) is 0 Å². The zero-order chi connectivity index (χ0) is 21.5. The number of benzene rings is 3. The van der Waals surface area contributed by atoms with Crippen LogP contribution in [0.5, 0.6) is 0 Å². The summed E-state index contributed by atoms with van der Waals surface area (Å²) in [5.41, 5.74) is 3.98. The van der Waals surface area contributed by atoms with Gasteiger partial charge in [0, 0.05) is 39.0 Å². The Balaban J connectivity index is 1.62. The minimum absolute atomic E-state index is 0.0665. The highest BCUT2D eigenvalue weighted by atomic mass is 35.5. The maximum atomic E-state index is 12.7. The molecule has 3 aromatic carbocycles. The van der Waals surface area contributed by atoms with E-state index in [2.05, 4.69) is 10.6 Å². The lowest BCUT2D eigenvalue weighted by atomic mass is 10.1. The van der Waals surface area contributed by atoms with Crippen LogP contribution in [0, 0.1) is 6.92 Å². The van der Waals surface area contributed by atoms with Crippen LogP contribution >= 0.6 is 23.4 Å². The van der Waals surface area contributed by atoms with Gasteiger partial charge in [-0.15, -0.1) is 11.8 Å². The molecule has 0 spiro atoms. The average Bonchev–Trinajstić information content (AvgIpc) is 2.76. The smallest absolute Gasteiger partial charge is 0.255 e. The molecule has 0 saturated carbocycles. The van der Waals surface area contributed by atoms with E-state index in [1.165, 1.54) is 0 Å². The number of halogens is 1. The zero-order valence-electron chi connectivity index (χ0n) is 16.9. The highest BCUT2D eigenvalue weighted by Crippen LogP contribution is 2.25. The summed E-state index contributed by atoms with van der Waals surface area (Å²) >= 11 is 7.63. The van der Waals surface area contributed by atoms with Gasteiger partial charge in [0.2, 0.25) is 5.91 Å². The molecule has 2 amide bonds.